The summed E-state index contributed by atoms with van der Waals surface area (Å²) in [7, 11) is 0. The number of rotatable bonds is 2. The Morgan fingerprint density at radius 2 is 2.43 bits per heavy atom. The van der Waals surface area contributed by atoms with E-state index in [0.29, 0.717) is 0 Å². The number of aromatic nitrogens is 2. The third-order valence-electron chi connectivity index (χ3n) is 1.89. The van der Waals surface area contributed by atoms with Gasteiger partial charge in [0, 0.05) is 11.4 Å². The molecule has 0 amide bonds. The van der Waals surface area contributed by atoms with Gasteiger partial charge in [-0.25, -0.2) is 4.98 Å². The molecule has 2 aromatic heterocycles. The third-order valence-corrected chi connectivity index (χ3v) is 3.17. The molecular weight excluding hydrogens is 218 g/mol. The number of nitrogens with two attached hydrogens (primary N) is 1. The van der Waals surface area contributed by atoms with Gasteiger partial charge in [0.25, 0.3) is 0 Å². The summed E-state index contributed by atoms with van der Waals surface area (Å²) in [6.07, 6.45) is 1.76. The maximum atomic E-state index is 5.82. The molecule has 2 aromatic rings. The molecule has 0 spiro atoms. The Kier molecular flexibility index (Phi) is 2.58. The average molecular weight is 228 g/mol. The fraction of sp³-hybridized carbons (Fsp3) is 0.222. The molecule has 1 atom stereocenters. The lowest BCUT2D eigenvalue weighted by Gasteiger charge is -1.98. The monoisotopic (exact) mass is 227 g/mol. The van der Waals surface area contributed by atoms with Crippen molar-refractivity contribution in [1.29, 1.82) is 0 Å². The second-order valence-corrected chi connectivity index (χ2v) is 4.45. The van der Waals surface area contributed by atoms with Crippen LogP contribution in [0.4, 0.5) is 0 Å². The molecule has 0 aromatic carbocycles. The van der Waals surface area contributed by atoms with Gasteiger partial charge in [0.2, 0.25) is 0 Å². The standard InChI is InChI=1S/C9H10ClN3S/c1-5(11)7-3-12-9(13-7)8-2-6(10)4-14-8/h2-5H,11H2,1H3,(H,12,13). The SMILES string of the molecule is CC(N)c1cnc(-c2cc(Cl)cs2)[nH]1. The summed E-state index contributed by atoms with van der Waals surface area (Å²) in [5, 5.41) is 2.62. The molecular formula is C9H10ClN3S. The highest BCUT2D eigenvalue weighted by atomic mass is 35.5. The van der Waals surface area contributed by atoms with Crippen molar-refractivity contribution >= 4 is 22.9 Å². The first-order chi connectivity index (χ1) is 6.66. The molecule has 2 rings (SSSR count). The zero-order chi connectivity index (χ0) is 10.1. The number of halogens is 1. The molecule has 0 aliphatic rings. The summed E-state index contributed by atoms with van der Waals surface area (Å²) >= 11 is 7.38. The van der Waals surface area contributed by atoms with Gasteiger partial charge in [-0.2, -0.15) is 0 Å². The van der Waals surface area contributed by atoms with Gasteiger partial charge in [0.15, 0.2) is 0 Å². The summed E-state index contributed by atoms with van der Waals surface area (Å²) in [5.41, 5.74) is 6.65. The Balaban J connectivity index is 2.33. The van der Waals surface area contributed by atoms with Gasteiger partial charge in [-0.05, 0) is 13.0 Å². The first kappa shape index (κ1) is 9.71. The van der Waals surface area contributed by atoms with Crippen LogP contribution in [0.15, 0.2) is 17.6 Å². The van der Waals surface area contributed by atoms with Gasteiger partial charge < -0.3 is 10.7 Å². The Morgan fingerprint density at radius 3 is 2.93 bits per heavy atom. The van der Waals surface area contributed by atoms with Crippen LogP contribution in [0.1, 0.15) is 18.7 Å². The van der Waals surface area contributed by atoms with Gasteiger partial charge in [-0.3, -0.25) is 0 Å². The molecule has 0 aliphatic heterocycles. The molecule has 0 aliphatic carbocycles. The number of aromatic amines is 1. The largest absolute Gasteiger partial charge is 0.340 e. The number of hydrogen-bond acceptors (Lipinski definition) is 3. The quantitative estimate of drug-likeness (QED) is 0.829. The molecule has 0 bridgehead atoms. The summed E-state index contributed by atoms with van der Waals surface area (Å²) in [4.78, 5) is 8.42. The highest BCUT2D eigenvalue weighted by molar-refractivity contribution is 7.14. The van der Waals surface area contributed by atoms with Crippen LogP contribution in [0.3, 0.4) is 0 Å². The molecule has 5 heteroatoms. The van der Waals surface area contributed by atoms with Crippen LogP contribution < -0.4 is 5.73 Å². The van der Waals surface area contributed by atoms with Gasteiger partial charge in [0.1, 0.15) is 5.82 Å². The van der Waals surface area contributed by atoms with E-state index >= 15 is 0 Å². The number of nitrogens with one attached hydrogen (secondary N) is 1. The van der Waals surface area contributed by atoms with Crippen molar-refractivity contribution in [3.63, 3.8) is 0 Å². The lowest BCUT2D eigenvalue weighted by atomic mass is 10.3. The van der Waals surface area contributed by atoms with Crippen molar-refractivity contribution in [3.05, 3.63) is 28.4 Å². The second kappa shape index (κ2) is 3.73. The minimum absolute atomic E-state index is 0.0216. The first-order valence-corrected chi connectivity index (χ1v) is 5.47. The predicted octanol–water partition coefficient (Wildman–Crippen LogP) is 2.81. The van der Waals surface area contributed by atoms with E-state index < -0.39 is 0 Å². The Bertz CT molecular complexity index is 433. The lowest BCUT2D eigenvalue weighted by molar-refractivity contribution is 0.789. The summed E-state index contributed by atoms with van der Waals surface area (Å²) < 4.78 is 0. The highest BCUT2D eigenvalue weighted by Crippen LogP contribution is 2.27. The van der Waals surface area contributed by atoms with Gasteiger partial charge in [-0.15, -0.1) is 11.3 Å². The fourth-order valence-corrected chi connectivity index (χ4v) is 2.15. The second-order valence-electron chi connectivity index (χ2n) is 3.10. The topological polar surface area (TPSA) is 54.7 Å². The van der Waals surface area contributed by atoms with E-state index in [9.17, 15) is 0 Å². The van der Waals surface area contributed by atoms with E-state index in [4.69, 9.17) is 17.3 Å². The van der Waals surface area contributed by atoms with Gasteiger partial charge in [0.05, 0.1) is 21.8 Å². The zero-order valence-electron chi connectivity index (χ0n) is 7.62. The van der Waals surface area contributed by atoms with Crippen LogP contribution in [0.2, 0.25) is 5.02 Å². The maximum absolute atomic E-state index is 5.82. The number of thiophene rings is 1. The van der Waals surface area contributed by atoms with Crippen molar-refractivity contribution in [2.75, 3.05) is 0 Å². The van der Waals surface area contributed by atoms with Crippen LogP contribution in [0.5, 0.6) is 0 Å². The number of nitrogens with zero attached hydrogens (tertiary/aromatic N) is 1. The van der Waals surface area contributed by atoms with Crippen LogP contribution in [0, 0.1) is 0 Å². The predicted molar refractivity (Wildman–Crippen MR) is 59.5 cm³/mol. The van der Waals surface area contributed by atoms with E-state index in [2.05, 4.69) is 9.97 Å². The molecule has 1 unspecified atom stereocenters. The Labute approximate surface area is 90.9 Å². The number of hydrogen-bond donors (Lipinski definition) is 2. The van der Waals surface area contributed by atoms with E-state index in [1.54, 1.807) is 17.5 Å². The molecule has 0 radical (unpaired) electrons. The van der Waals surface area contributed by atoms with Crippen LogP contribution in [-0.2, 0) is 0 Å². The van der Waals surface area contributed by atoms with Gasteiger partial charge >= 0.3 is 0 Å². The molecule has 14 heavy (non-hydrogen) atoms. The molecule has 3 nitrogen and oxygen atoms in total. The van der Waals surface area contributed by atoms with Crippen molar-refractivity contribution < 1.29 is 0 Å². The number of imidazole rings is 1. The molecule has 74 valence electrons. The van der Waals surface area contributed by atoms with Crippen molar-refractivity contribution in [2.45, 2.75) is 13.0 Å². The number of H-pyrrole nitrogens is 1. The molecule has 0 saturated carbocycles. The molecule has 3 N–H and O–H groups in total. The van der Waals surface area contributed by atoms with Crippen LogP contribution in [-0.4, -0.2) is 9.97 Å². The summed E-state index contributed by atoms with van der Waals surface area (Å²) in [6.45, 7) is 1.92. The van der Waals surface area contributed by atoms with Crippen molar-refractivity contribution in [3.8, 4) is 10.7 Å². The Morgan fingerprint density at radius 1 is 1.64 bits per heavy atom. The lowest BCUT2D eigenvalue weighted by Crippen LogP contribution is -2.04. The van der Waals surface area contributed by atoms with Crippen molar-refractivity contribution in [1.82, 2.24) is 9.97 Å². The van der Waals surface area contributed by atoms with E-state index in [1.165, 1.54) is 0 Å². The molecule has 0 saturated heterocycles. The van der Waals surface area contributed by atoms with Crippen LogP contribution >= 0.6 is 22.9 Å². The molecule has 0 fully saturated rings. The van der Waals surface area contributed by atoms with Crippen molar-refractivity contribution in [2.24, 2.45) is 5.73 Å². The minimum Gasteiger partial charge on any atom is -0.340 e. The summed E-state index contributed by atoms with van der Waals surface area (Å²) in [5.74, 6) is 0.828. The van der Waals surface area contributed by atoms with E-state index in [0.717, 1.165) is 21.4 Å². The summed E-state index contributed by atoms with van der Waals surface area (Å²) in [6, 6.07) is 1.86. The Hall–Kier alpha value is -0.840. The minimum atomic E-state index is -0.0216. The maximum Gasteiger partial charge on any atom is 0.147 e. The van der Waals surface area contributed by atoms with E-state index in [-0.39, 0.29) is 6.04 Å². The highest BCUT2D eigenvalue weighted by Gasteiger charge is 2.07. The average Bonchev–Trinajstić information content (AvgIpc) is 2.70. The van der Waals surface area contributed by atoms with Crippen LogP contribution in [0.25, 0.3) is 10.7 Å². The van der Waals surface area contributed by atoms with E-state index in [1.807, 2.05) is 18.4 Å². The zero-order valence-corrected chi connectivity index (χ0v) is 9.19. The van der Waals surface area contributed by atoms with Gasteiger partial charge in [-0.1, -0.05) is 11.6 Å². The fourth-order valence-electron chi connectivity index (χ4n) is 1.13. The molecule has 2 heterocycles. The smallest absolute Gasteiger partial charge is 0.147 e. The normalized spacial score (nSPS) is 13.1. The third kappa shape index (κ3) is 1.82. The first-order valence-electron chi connectivity index (χ1n) is 4.21.